The summed E-state index contributed by atoms with van der Waals surface area (Å²) >= 11 is 0. The topological polar surface area (TPSA) is 95.6 Å². The molecule has 188 valence electrons. The molecule has 3 aliphatic rings. The molecule has 1 aliphatic carbocycles. The van der Waals surface area contributed by atoms with Crippen molar-refractivity contribution in [1.82, 2.24) is 19.3 Å². The Morgan fingerprint density at radius 3 is 2.64 bits per heavy atom. The maximum atomic E-state index is 14.2. The summed E-state index contributed by atoms with van der Waals surface area (Å²) in [6, 6.07) is 2.43. The van der Waals surface area contributed by atoms with Gasteiger partial charge in [-0.1, -0.05) is 0 Å². The fourth-order valence-corrected chi connectivity index (χ4v) is 5.79. The number of hydrogen-bond donors (Lipinski definition) is 2. The van der Waals surface area contributed by atoms with Gasteiger partial charge in [0.05, 0.1) is 17.6 Å². The number of nitrogens with one attached hydrogen (secondary N) is 2. The second-order valence-corrected chi connectivity index (χ2v) is 10.1. The number of amides is 1. The molecule has 2 aliphatic heterocycles. The molecule has 1 saturated carbocycles. The van der Waals surface area contributed by atoms with E-state index in [0.717, 1.165) is 44.6 Å². The van der Waals surface area contributed by atoms with Crippen LogP contribution in [0.5, 0.6) is 0 Å². The van der Waals surface area contributed by atoms with Crippen LogP contribution in [0, 0.1) is 28.9 Å². The summed E-state index contributed by atoms with van der Waals surface area (Å²) in [4.78, 5) is 23.7. The van der Waals surface area contributed by atoms with Crippen molar-refractivity contribution in [2.75, 3.05) is 25.0 Å². The number of rotatable bonds is 5. The predicted octanol–water partition coefficient (Wildman–Crippen LogP) is 4.23. The smallest absolute Gasteiger partial charge is 0.272 e. The van der Waals surface area contributed by atoms with E-state index in [2.05, 4.69) is 15.3 Å². The summed E-state index contributed by atoms with van der Waals surface area (Å²) in [6.45, 7) is 2.13. The van der Waals surface area contributed by atoms with E-state index in [0.29, 0.717) is 35.4 Å². The summed E-state index contributed by atoms with van der Waals surface area (Å²) in [5, 5.41) is 12.2. The van der Waals surface area contributed by atoms with Crippen LogP contribution in [0.4, 0.5) is 14.5 Å². The molecule has 3 aromatic rings. The highest BCUT2D eigenvalue weighted by Crippen LogP contribution is 2.37. The number of piperidine rings is 1. The van der Waals surface area contributed by atoms with Crippen LogP contribution in [0.15, 0.2) is 30.7 Å². The van der Waals surface area contributed by atoms with E-state index in [9.17, 15) is 13.6 Å². The molecule has 8 nitrogen and oxygen atoms in total. The second kappa shape index (κ2) is 9.24. The minimum Gasteiger partial charge on any atom is -0.359 e. The zero-order valence-corrected chi connectivity index (χ0v) is 19.8. The number of likely N-dealkylation sites (tertiary alicyclic amines) is 1. The molecule has 3 atom stereocenters. The maximum absolute atomic E-state index is 14.2. The van der Waals surface area contributed by atoms with E-state index >= 15 is 0 Å². The monoisotopic (exact) mass is 494 g/mol. The van der Waals surface area contributed by atoms with Crippen LogP contribution in [0.2, 0.25) is 0 Å². The third-order valence-electron chi connectivity index (χ3n) is 7.57. The Morgan fingerprint density at radius 2 is 1.89 bits per heavy atom. The summed E-state index contributed by atoms with van der Waals surface area (Å²) < 4.78 is 35.2. The van der Waals surface area contributed by atoms with Gasteiger partial charge in [-0.15, -0.1) is 0 Å². The number of carbonyl (C=O) groups excluding carboxylic acids is 1. The number of anilines is 1. The molecular formula is C26H28F2N6O2. The molecule has 2 N–H and O–H groups in total. The lowest BCUT2D eigenvalue weighted by Crippen LogP contribution is -2.41. The van der Waals surface area contributed by atoms with Gasteiger partial charge >= 0.3 is 0 Å². The number of hydrogen-bond acceptors (Lipinski definition) is 6. The summed E-state index contributed by atoms with van der Waals surface area (Å²) in [6.07, 6.45) is 9.97. The van der Waals surface area contributed by atoms with Crippen LogP contribution in [-0.4, -0.2) is 56.8 Å². The van der Waals surface area contributed by atoms with E-state index in [1.807, 2.05) is 4.90 Å². The fraction of sp³-hybridized carbons (Fsp3) is 0.462. The first kappa shape index (κ1) is 23.0. The first-order valence-corrected chi connectivity index (χ1v) is 12.5. The number of fused-ring (bicyclic) bond motifs is 3. The van der Waals surface area contributed by atoms with Gasteiger partial charge in [0, 0.05) is 49.4 Å². The number of ether oxygens (including phenoxy) is 1. The minimum atomic E-state index is -0.808. The first-order valence-electron chi connectivity index (χ1n) is 12.5. The van der Waals surface area contributed by atoms with Gasteiger partial charge < -0.3 is 15.0 Å². The Bertz CT molecular complexity index is 1320. The maximum Gasteiger partial charge on any atom is 0.272 e. The van der Waals surface area contributed by atoms with Gasteiger partial charge in [-0.05, 0) is 56.4 Å². The van der Waals surface area contributed by atoms with Crippen molar-refractivity contribution < 1.29 is 18.3 Å². The molecule has 3 fully saturated rings. The van der Waals surface area contributed by atoms with Crippen LogP contribution in [0.1, 0.15) is 60.3 Å². The van der Waals surface area contributed by atoms with Crippen LogP contribution < -0.4 is 5.32 Å². The third-order valence-corrected chi connectivity index (χ3v) is 7.57. The van der Waals surface area contributed by atoms with Gasteiger partial charge in [0.2, 0.25) is 0 Å². The van der Waals surface area contributed by atoms with Crippen molar-refractivity contribution in [1.29, 1.82) is 5.41 Å². The van der Waals surface area contributed by atoms with E-state index in [1.165, 1.54) is 36.1 Å². The Labute approximate surface area is 207 Å². The fourth-order valence-electron chi connectivity index (χ4n) is 5.79. The van der Waals surface area contributed by atoms with E-state index in [1.54, 1.807) is 6.07 Å². The molecule has 1 amide bonds. The molecule has 0 aromatic carbocycles. The molecule has 5 heterocycles. The molecule has 10 heteroatoms. The summed E-state index contributed by atoms with van der Waals surface area (Å²) in [7, 11) is 0. The molecule has 6 rings (SSSR count). The number of nitrogens with zero attached hydrogens (tertiary/aromatic N) is 4. The van der Waals surface area contributed by atoms with Crippen LogP contribution >= 0.6 is 0 Å². The van der Waals surface area contributed by atoms with E-state index in [-0.39, 0.29) is 29.2 Å². The third kappa shape index (κ3) is 4.23. The van der Waals surface area contributed by atoms with Crippen molar-refractivity contribution in [2.45, 2.75) is 44.8 Å². The van der Waals surface area contributed by atoms with Crippen molar-refractivity contribution in [2.24, 2.45) is 11.8 Å². The molecule has 3 unspecified atom stereocenters. The zero-order valence-electron chi connectivity index (χ0n) is 19.8. The van der Waals surface area contributed by atoms with Crippen molar-refractivity contribution in [3.63, 3.8) is 0 Å². The van der Waals surface area contributed by atoms with Gasteiger partial charge in [-0.2, -0.15) is 0 Å². The summed E-state index contributed by atoms with van der Waals surface area (Å²) in [5.41, 5.74) is 1.35. The van der Waals surface area contributed by atoms with Gasteiger partial charge in [0.25, 0.3) is 5.91 Å². The van der Waals surface area contributed by atoms with Crippen molar-refractivity contribution in [3.8, 4) is 0 Å². The molecule has 2 bridgehead atoms. The number of carbonyl (C=O) groups is 1. The average Bonchev–Trinajstić information content (AvgIpc) is 3.46. The molecule has 36 heavy (non-hydrogen) atoms. The first-order chi connectivity index (χ1) is 17.5. The van der Waals surface area contributed by atoms with Crippen molar-refractivity contribution >= 4 is 23.0 Å². The Morgan fingerprint density at radius 1 is 1.08 bits per heavy atom. The molecule has 2 saturated heterocycles. The Kier molecular flexibility index (Phi) is 5.91. The van der Waals surface area contributed by atoms with Gasteiger partial charge in [0.1, 0.15) is 17.7 Å². The van der Waals surface area contributed by atoms with Gasteiger partial charge in [-0.25, -0.2) is 13.8 Å². The molecule has 0 spiro atoms. The highest BCUT2D eigenvalue weighted by Gasteiger charge is 2.35. The normalized spacial score (nSPS) is 23.7. The second-order valence-electron chi connectivity index (χ2n) is 10.1. The number of halogens is 2. The number of pyridine rings is 2. The Hall–Kier alpha value is -3.40. The molecule has 3 aromatic heterocycles. The molecular weight excluding hydrogens is 466 g/mol. The zero-order chi connectivity index (χ0) is 24.8. The lowest BCUT2D eigenvalue weighted by molar-refractivity contribution is 0.0343. The standard InChI is InChI=1S/C26H28F2N6O2/c27-17-8-19(28)25-31-11-22(34(25)14-17)24(29)18-10-30-21(9-20(18)32-23-3-1-2-6-36-23)26(35)33-12-15-4-5-16(7-15)13-33/h8-11,14-16,23,29H,1-7,12-13H2,(H,30,32). The van der Waals surface area contributed by atoms with Gasteiger partial charge in [-0.3, -0.25) is 19.6 Å². The Balaban J connectivity index is 1.35. The van der Waals surface area contributed by atoms with Gasteiger partial charge in [0.15, 0.2) is 11.5 Å². The summed E-state index contributed by atoms with van der Waals surface area (Å²) in [5.74, 6) is -0.571. The number of imidazole rings is 1. The average molecular weight is 495 g/mol. The van der Waals surface area contributed by atoms with Crippen LogP contribution in [0.3, 0.4) is 0 Å². The number of aromatic nitrogens is 3. The quantitative estimate of drug-likeness (QED) is 0.518. The van der Waals surface area contributed by atoms with Crippen molar-refractivity contribution in [3.05, 3.63) is 59.3 Å². The van der Waals surface area contributed by atoms with Crippen LogP contribution in [0.25, 0.3) is 5.65 Å². The largest absolute Gasteiger partial charge is 0.359 e. The lowest BCUT2D eigenvalue weighted by atomic mass is 9.98. The van der Waals surface area contributed by atoms with E-state index < -0.39 is 11.6 Å². The minimum absolute atomic E-state index is 0.0201. The van der Waals surface area contributed by atoms with E-state index in [4.69, 9.17) is 10.1 Å². The molecule has 0 radical (unpaired) electrons. The lowest BCUT2D eigenvalue weighted by Gasteiger charge is -2.32. The van der Waals surface area contributed by atoms with Crippen LogP contribution in [-0.2, 0) is 4.74 Å². The highest BCUT2D eigenvalue weighted by atomic mass is 19.1. The SMILES string of the molecule is N=C(c1cnc(C(=O)N2CC3CCC(C3)C2)cc1NC1CCCCO1)c1cnc2c(F)cc(F)cn12. The predicted molar refractivity (Wildman–Crippen MR) is 129 cm³/mol. The highest BCUT2D eigenvalue weighted by molar-refractivity contribution is 6.13.